The van der Waals surface area contributed by atoms with Gasteiger partial charge in [-0.3, -0.25) is 0 Å². The second kappa shape index (κ2) is 12.6. The molecule has 1 N–H and O–H groups in total. The number of benzene rings is 3. The highest BCUT2D eigenvalue weighted by Gasteiger charge is 2.30. The van der Waals surface area contributed by atoms with Crippen LogP contribution in [0.2, 0.25) is 5.02 Å². The van der Waals surface area contributed by atoms with Crippen molar-refractivity contribution in [1.29, 1.82) is 0 Å². The maximum absolute atomic E-state index is 16.7. The number of carbonyl (C=O) groups is 1. The summed E-state index contributed by atoms with van der Waals surface area (Å²) in [5.41, 5.74) is -0.109. The number of phenols is 1. The predicted molar refractivity (Wildman–Crippen MR) is 167 cm³/mol. The summed E-state index contributed by atoms with van der Waals surface area (Å²) in [5.74, 6) is -0.309. The van der Waals surface area contributed by atoms with Gasteiger partial charge < -0.3 is 33.9 Å². The molecule has 1 aliphatic heterocycles. The minimum absolute atomic E-state index is 0.00928. The Morgan fingerprint density at radius 3 is 2.36 bits per heavy atom. The molecule has 0 spiro atoms. The van der Waals surface area contributed by atoms with Crippen LogP contribution >= 0.6 is 11.6 Å². The molecule has 234 valence electrons. The van der Waals surface area contributed by atoms with Gasteiger partial charge in [0.15, 0.2) is 12.1 Å². The topological polar surface area (TPSA) is 106 Å². The Balaban J connectivity index is 1.61. The lowest BCUT2D eigenvalue weighted by Gasteiger charge is -2.36. The molecular weight excluding hydrogens is 591 g/mol. The average molecular weight is 627 g/mol. The Kier molecular flexibility index (Phi) is 9.01. The van der Waals surface area contributed by atoms with Crippen molar-refractivity contribution >= 4 is 45.2 Å². The van der Waals surface area contributed by atoms with Gasteiger partial charge in [0.2, 0.25) is 0 Å². The van der Waals surface area contributed by atoms with Crippen LogP contribution in [0.4, 0.5) is 15.0 Å². The number of halogens is 2. The Labute approximate surface area is 260 Å². The first-order chi connectivity index (χ1) is 20.9. The molecule has 0 aliphatic carbocycles. The quantitative estimate of drug-likeness (QED) is 0.234. The molecule has 0 bridgehead atoms. The second-order valence-electron chi connectivity index (χ2n) is 11.6. The number of ether oxygens (including phenoxy) is 4. The molecular formula is C32H36ClFN4O6. The number of phenolic OH excluding ortho intramolecular Hbond substituents is 1. The summed E-state index contributed by atoms with van der Waals surface area (Å²) >= 11 is 6.81. The Morgan fingerprint density at radius 2 is 1.70 bits per heavy atom. The van der Waals surface area contributed by atoms with E-state index >= 15 is 4.39 Å². The van der Waals surface area contributed by atoms with Crippen LogP contribution in [0.5, 0.6) is 11.8 Å². The normalized spacial score (nSPS) is 14.8. The van der Waals surface area contributed by atoms with Crippen molar-refractivity contribution in [3.05, 3.63) is 53.3 Å². The van der Waals surface area contributed by atoms with Gasteiger partial charge in [-0.25, -0.2) is 9.18 Å². The van der Waals surface area contributed by atoms with Crippen LogP contribution in [0, 0.1) is 5.82 Å². The molecule has 1 fully saturated rings. The number of methoxy groups -OCH3 is 2. The predicted octanol–water partition coefficient (Wildman–Crippen LogP) is 6.39. The smallest absolute Gasteiger partial charge is 0.410 e. The minimum Gasteiger partial charge on any atom is -0.508 e. The maximum Gasteiger partial charge on any atom is 0.410 e. The highest BCUT2D eigenvalue weighted by molar-refractivity contribution is 6.35. The number of hydrogen-bond acceptors (Lipinski definition) is 9. The number of aromatic nitrogens is 2. The van der Waals surface area contributed by atoms with Gasteiger partial charge in [0.1, 0.15) is 28.8 Å². The first kappa shape index (κ1) is 31.5. The number of carbonyl (C=O) groups excluding carboxylic acids is 1. The van der Waals surface area contributed by atoms with E-state index in [9.17, 15) is 9.90 Å². The Bertz CT molecular complexity index is 1690. The molecule has 0 saturated carbocycles. The van der Waals surface area contributed by atoms with Crippen LogP contribution in [-0.4, -0.2) is 84.5 Å². The molecule has 12 heteroatoms. The van der Waals surface area contributed by atoms with Crippen LogP contribution in [-0.2, 0) is 14.2 Å². The monoisotopic (exact) mass is 626 g/mol. The summed E-state index contributed by atoms with van der Waals surface area (Å²) in [5, 5.41) is 12.4. The molecule has 1 aliphatic rings. The first-order valence-electron chi connectivity index (χ1n) is 14.3. The lowest BCUT2D eigenvalue weighted by atomic mass is 9.96. The van der Waals surface area contributed by atoms with Gasteiger partial charge in [0, 0.05) is 51.3 Å². The van der Waals surface area contributed by atoms with Gasteiger partial charge >= 0.3 is 12.1 Å². The largest absolute Gasteiger partial charge is 0.508 e. The zero-order chi connectivity index (χ0) is 31.8. The van der Waals surface area contributed by atoms with E-state index in [1.54, 1.807) is 24.0 Å². The van der Waals surface area contributed by atoms with E-state index in [2.05, 4.69) is 9.97 Å². The summed E-state index contributed by atoms with van der Waals surface area (Å²) < 4.78 is 38.9. The molecule has 2 heterocycles. The molecule has 44 heavy (non-hydrogen) atoms. The summed E-state index contributed by atoms with van der Waals surface area (Å²) in [6.45, 7) is 8.72. The summed E-state index contributed by atoms with van der Waals surface area (Å²) in [6.07, 6.45) is -1.76. The van der Waals surface area contributed by atoms with Crippen molar-refractivity contribution in [1.82, 2.24) is 14.9 Å². The standard InChI is InChI=1S/C32H36ClFN4O6/c1-18(29(41-5)42-6)43-30-35-27-23(28(36-30)37-11-13-38(14-12-37)31(40)44-32(2,3)4)17-24(33)25(26(27)34)22-16-20(39)15-19-9-7-8-10-21(19)22/h7-10,15-18,29,39H,11-14H2,1-6H3/t18-/m1/s1. The van der Waals surface area contributed by atoms with Gasteiger partial charge in [0.05, 0.1) is 5.02 Å². The van der Waals surface area contributed by atoms with Crippen molar-refractivity contribution in [3.8, 4) is 22.9 Å². The van der Waals surface area contributed by atoms with Crippen molar-refractivity contribution < 1.29 is 33.2 Å². The number of piperazine rings is 1. The van der Waals surface area contributed by atoms with Gasteiger partial charge in [-0.2, -0.15) is 9.97 Å². The highest BCUT2D eigenvalue weighted by Crippen LogP contribution is 2.42. The molecule has 0 radical (unpaired) electrons. The summed E-state index contributed by atoms with van der Waals surface area (Å²) in [4.78, 5) is 25.4. The molecule has 10 nitrogen and oxygen atoms in total. The fraction of sp³-hybridized carbons (Fsp3) is 0.406. The fourth-order valence-corrected chi connectivity index (χ4v) is 5.62. The number of fused-ring (bicyclic) bond motifs is 2. The zero-order valence-corrected chi connectivity index (χ0v) is 26.3. The van der Waals surface area contributed by atoms with Crippen LogP contribution in [0.1, 0.15) is 27.7 Å². The number of amides is 1. The molecule has 3 aromatic carbocycles. The molecule has 1 atom stereocenters. The third-order valence-corrected chi connectivity index (χ3v) is 7.63. The van der Waals surface area contributed by atoms with Crippen LogP contribution in [0.25, 0.3) is 32.8 Å². The average Bonchev–Trinajstić information content (AvgIpc) is 2.97. The third kappa shape index (κ3) is 6.45. The number of aromatic hydroxyl groups is 1. The van der Waals surface area contributed by atoms with Gasteiger partial charge in [-0.05, 0) is 62.2 Å². The Morgan fingerprint density at radius 1 is 1.02 bits per heavy atom. The SMILES string of the molecule is COC(OC)[C@@H](C)Oc1nc(N2CCN(C(=O)OC(C)(C)C)CC2)c2cc(Cl)c(-c3cc(O)cc4ccccc34)c(F)c2n1. The van der Waals surface area contributed by atoms with Crippen LogP contribution < -0.4 is 9.64 Å². The fourth-order valence-electron chi connectivity index (χ4n) is 5.33. The number of hydrogen-bond donors (Lipinski definition) is 1. The van der Waals surface area contributed by atoms with Crippen molar-refractivity contribution in [2.75, 3.05) is 45.3 Å². The van der Waals surface area contributed by atoms with E-state index in [1.807, 2.05) is 49.9 Å². The lowest BCUT2D eigenvalue weighted by Crippen LogP contribution is -2.50. The number of rotatable bonds is 7. The lowest BCUT2D eigenvalue weighted by molar-refractivity contribution is -0.152. The van der Waals surface area contributed by atoms with E-state index in [0.717, 1.165) is 5.39 Å². The molecule has 0 unspecified atom stereocenters. The first-order valence-corrected chi connectivity index (χ1v) is 14.6. The second-order valence-corrected chi connectivity index (χ2v) is 12.0. The molecule has 1 amide bonds. The third-order valence-electron chi connectivity index (χ3n) is 7.33. The molecule has 4 aromatic rings. The summed E-state index contributed by atoms with van der Waals surface area (Å²) in [6, 6.07) is 12.0. The van der Waals surface area contributed by atoms with Crippen LogP contribution in [0.3, 0.4) is 0 Å². The maximum atomic E-state index is 16.7. The van der Waals surface area contributed by atoms with E-state index in [4.69, 9.17) is 30.5 Å². The van der Waals surface area contributed by atoms with Crippen molar-refractivity contribution in [2.24, 2.45) is 0 Å². The van der Waals surface area contributed by atoms with Crippen molar-refractivity contribution in [2.45, 2.75) is 45.7 Å². The minimum atomic E-state index is -0.723. The van der Waals surface area contributed by atoms with E-state index in [1.165, 1.54) is 20.3 Å². The number of anilines is 1. The Hall–Kier alpha value is -3.93. The highest BCUT2D eigenvalue weighted by atomic mass is 35.5. The van der Waals surface area contributed by atoms with E-state index < -0.39 is 29.9 Å². The summed E-state index contributed by atoms with van der Waals surface area (Å²) in [7, 11) is 2.97. The van der Waals surface area contributed by atoms with E-state index in [0.29, 0.717) is 48.3 Å². The van der Waals surface area contributed by atoms with Crippen LogP contribution in [0.15, 0.2) is 42.5 Å². The van der Waals surface area contributed by atoms with Gasteiger partial charge in [-0.1, -0.05) is 35.9 Å². The van der Waals surface area contributed by atoms with Gasteiger partial charge in [-0.15, -0.1) is 0 Å². The molecule has 1 aromatic heterocycles. The van der Waals surface area contributed by atoms with Crippen molar-refractivity contribution in [3.63, 3.8) is 0 Å². The number of nitrogens with zero attached hydrogens (tertiary/aromatic N) is 4. The molecule has 1 saturated heterocycles. The zero-order valence-electron chi connectivity index (χ0n) is 25.6. The molecule has 5 rings (SSSR count). The van der Waals surface area contributed by atoms with Gasteiger partial charge in [0.25, 0.3) is 0 Å². The van der Waals surface area contributed by atoms with E-state index in [-0.39, 0.29) is 27.9 Å².